The van der Waals surface area contributed by atoms with Crippen LogP contribution in [-0.4, -0.2) is 11.5 Å². The predicted octanol–water partition coefficient (Wildman–Crippen LogP) is 3.82. The van der Waals surface area contributed by atoms with Crippen molar-refractivity contribution in [2.24, 2.45) is 17.1 Å². The quantitative estimate of drug-likeness (QED) is 0.663. The molecule has 0 aromatic heterocycles. The summed E-state index contributed by atoms with van der Waals surface area (Å²) in [6.07, 6.45) is 5.81. The molecule has 0 unspecified atom stereocenters. The fourth-order valence-corrected chi connectivity index (χ4v) is 3.43. The first-order valence-corrected chi connectivity index (χ1v) is 7.62. The minimum atomic E-state index is -0.434. The summed E-state index contributed by atoms with van der Waals surface area (Å²) in [5, 5.41) is 11.1. The van der Waals surface area contributed by atoms with Gasteiger partial charge in [0.05, 0.1) is 4.92 Å². The Labute approximate surface area is 124 Å². The standard InChI is InChI=1S/C16H23FN2O2/c1-2-12-5-7-16(11-18,8-6-12)10-13-9-14(17)3-4-15(13)19(20)21/h3-4,9,12H,2,5-8,10-11,18H2,1H3. The fourth-order valence-electron chi connectivity index (χ4n) is 3.43. The maximum atomic E-state index is 13.5. The molecule has 1 aromatic carbocycles. The smallest absolute Gasteiger partial charge is 0.272 e. The van der Waals surface area contributed by atoms with Crippen LogP contribution in [0.25, 0.3) is 0 Å². The summed E-state index contributed by atoms with van der Waals surface area (Å²) in [5.74, 6) is 0.303. The van der Waals surface area contributed by atoms with E-state index in [2.05, 4.69) is 6.92 Å². The summed E-state index contributed by atoms with van der Waals surface area (Å²) in [4.78, 5) is 10.7. The van der Waals surface area contributed by atoms with Crippen LogP contribution in [0.1, 0.15) is 44.6 Å². The van der Waals surface area contributed by atoms with Crippen LogP contribution in [0.4, 0.5) is 10.1 Å². The molecule has 1 aliphatic rings. The second kappa shape index (κ2) is 6.52. The van der Waals surface area contributed by atoms with Crippen molar-refractivity contribution in [1.29, 1.82) is 0 Å². The van der Waals surface area contributed by atoms with Gasteiger partial charge in [-0.3, -0.25) is 10.1 Å². The molecule has 1 aliphatic carbocycles. The number of nitrogens with two attached hydrogens (primary N) is 1. The molecule has 2 rings (SSSR count). The van der Waals surface area contributed by atoms with Crippen molar-refractivity contribution in [2.45, 2.75) is 45.4 Å². The summed E-state index contributed by atoms with van der Waals surface area (Å²) in [6, 6.07) is 3.69. The fraction of sp³-hybridized carbons (Fsp3) is 0.625. The van der Waals surface area contributed by atoms with E-state index in [1.807, 2.05) is 0 Å². The molecule has 21 heavy (non-hydrogen) atoms. The largest absolute Gasteiger partial charge is 0.330 e. The van der Waals surface area contributed by atoms with E-state index in [0.717, 1.165) is 37.7 Å². The van der Waals surface area contributed by atoms with E-state index in [0.29, 0.717) is 18.5 Å². The van der Waals surface area contributed by atoms with Gasteiger partial charge in [0.1, 0.15) is 5.82 Å². The van der Waals surface area contributed by atoms with Gasteiger partial charge in [0.15, 0.2) is 0 Å². The van der Waals surface area contributed by atoms with Gasteiger partial charge in [-0.15, -0.1) is 0 Å². The van der Waals surface area contributed by atoms with Crippen molar-refractivity contribution in [3.63, 3.8) is 0 Å². The van der Waals surface area contributed by atoms with E-state index in [1.165, 1.54) is 18.6 Å². The monoisotopic (exact) mass is 294 g/mol. The second-order valence-corrected chi connectivity index (χ2v) is 6.26. The van der Waals surface area contributed by atoms with E-state index in [4.69, 9.17) is 5.73 Å². The van der Waals surface area contributed by atoms with E-state index in [-0.39, 0.29) is 11.1 Å². The number of hydrogen-bond donors (Lipinski definition) is 1. The summed E-state index contributed by atoms with van der Waals surface area (Å²) >= 11 is 0. The van der Waals surface area contributed by atoms with Crippen molar-refractivity contribution in [3.8, 4) is 0 Å². The Morgan fingerprint density at radius 2 is 2.10 bits per heavy atom. The van der Waals surface area contributed by atoms with Gasteiger partial charge in [-0.25, -0.2) is 4.39 Å². The molecule has 0 bridgehead atoms. The highest BCUT2D eigenvalue weighted by Gasteiger charge is 2.35. The topological polar surface area (TPSA) is 69.2 Å². The number of benzene rings is 1. The molecule has 0 radical (unpaired) electrons. The second-order valence-electron chi connectivity index (χ2n) is 6.26. The van der Waals surface area contributed by atoms with Crippen LogP contribution in [-0.2, 0) is 6.42 Å². The van der Waals surface area contributed by atoms with Gasteiger partial charge >= 0.3 is 0 Å². The molecule has 1 aromatic rings. The molecule has 5 heteroatoms. The normalized spacial score (nSPS) is 25.8. The van der Waals surface area contributed by atoms with Crippen LogP contribution >= 0.6 is 0 Å². The molecular weight excluding hydrogens is 271 g/mol. The van der Waals surface area contributed by atoms with Crippen LogP contribution in [0, 0.1) is 27.3 Å². The van der Waals surface area contributed by atoms with Crippen LogP contribution in [0.3, 0.4) is 0 Å². The first kappa shape index (κ1) is 15.9. The highest BCUT2D eigenvalue weighted by Crippen LogP contribution is 2.43. The molecule has 0 spiro atoms. The zero-order chi connectivity index (χ0) is 15.5. The Kier molecular flexibility index (Phi) is 4.93. The highest BCUT2D eigenvalue weighted by molar-refractivity contribution is 5.41. The Morgan fingerprint density at radius 1 is 1.43 bits per heavy atom. The van der Waals surface area contributed by atoms with Crippen molar-refractivity contribution >= 4 is 5.69 Å². The predicted molar refractivity (Wildman–Crippen MR) is 80.5 cm³/mol. The summed E-state index contributed by atoms with van der Waals surface area (Å²) in [6.45, 7) is 2.69. The average Bonchev–Trinajstić information content (AvgIpc) is 2.47. The average molecular weight is 294 g/mol. The molecule has 0 aliphatic heterocycles. The molecule has 1 fully saturated rings. The number of hydrogen-bond acceptors (Lipinski definition) is 3. The maximum absolute atomic E-state index is 13.5. The van der Waals surface area contributed by atoms with Gasteiger partial charge in [-0.2, -0.15) is 0 Å². The zero-order valence-corrected chi connectivity index (χ0v) is 12.5. The van der Waals surface area contributed by atoms with Crippen molar-refractivity contribution in [3.05, 3.63) is 39.7 Å². The highest BCUT2D eigenvalue weighted by atomic mass is 19.1. The van der Waals surface area contributed by atoms with Crippen LogP contribution < -0.4 is 5.73 Å². The van der Waals surface area contributed by atoms with E-state index in [1.54, 1.807) is 0 Å². The lowest BCUT2D eigenvalue weighted by Crippen LogP contribution is -2.37. The van der Waals surface area contributed by atoms with Crippen molar-refractivity contribution < 1.29 is 9.31 Å². The van der Waals surface area contributed by atoms with Gasteiger partial charge < -0.3 is 5.73 Å². The molecule has 0 atom stereocenters. The van der Waals surface area contributed by atoms with E-state index >= 15 is 0 Å². The molecule has 0 heterocycles. The molecule has 116 valence electrons. The number of halogens is 1. The number of nitro groups is 1. The summed E-state index contributed by atoms with van der Waals surface area (Å²) in [5.41, 5.74) is 6.33. The Hall–Kier alpha value is -1.49. The third kappa shape index (κ3) is 3.59. The van der Waals surface area contributed by atoms with E-state index in [9.17, 15) is 14.5 Å². The molecule has 4 nitrogen and oxygen atoms in total. The first-order valence-electron chi connectivity index (χ1n) is 7.62. The Morgan fingerprint density at radius 3 is 2.62 bits per heavy atom. The van der Waals surface area contributed by atoms with Crippen LogP contribution in [0.5, 0.6) is 0 Å². The Bertz CT molecular complexity index is 511. The summed E-state index contributed by atoms with van der Waals surface area (Å²) < 4.78 is 13.5. The van der Waals surface area contributed by atoms with Gasteiger partial charge in [-0.1, -0.05) is 13.3 Å². The van der Waals surface area contributed by atoms with Crippen LogP contribution in [0.15, 0.2) is 18.2 Å². The zero-order valence-electron chi connectivity index (χ0n) is 12.5. The lowest BCUT2D eigenvalue weighted by molar-refractivity contribution is -0.385. The molecule has 0 amide bonds. The molecule has 1 saturated carbocycles. The molecular formula is C16H23FN2O2. The molecule has 0 saturated heterocycles. The van der Waals surface area contributed by atoms with Gasteiger partial charge in [0.25, 0.3) is 5.69 Å². The van der Waals surface area contributed by atoms with Crippen LogP contribution in [0.2, 0.25) is 0 Å². The van der Waals surface area contributed by atoms with Gasteiger partial charge in [-0.05, 0) is 62.1 Å². The number of rotatable bonds is 5. The number of nitrogens with zero attached hydrogens (tertiary/aromatic N) is 1. The minimum Gasteiger partial charge on any atom is -0.330 e. The third-order valence-electron chi connectivity index (χ3n) is 4.98. The summed E-state index contributed by atoms with van der Waals surface area (Å²) in [7, 11) is 0. The van der Waals surface area contributed by atoms with E-state index < -0.39 is 10.7 Å². The third-order valence-corrected chi connectivity index (χ3v) is 4.98. The lowest BCUT2D eigenvalue weighted by atomic mass is 9.67. The lowest BCUT2D eigenvalue weighted by Gasteiger charge is -2.39. The number of nitro benzene ring substituents is 1. The Balaban J connectivity index is 2.23. The first-order chi connectivity index (χ1) is 9.99. The van der Waals surface area contributed by atoms with Gasteiger partial charge in [0.2, 0.25) is 0 Å². The SMILES string of the molecule is CCC1CCC(CN)(Cc2cc(F)ccc2[N+](=O)[O-])CC1. The van der Waals surface area contributed by atoms with Crippen molar-refractivity contribution in [1.82, 2.24) is 0 Å². The van der Waals surface area contributed by atoms with Gasteiger partial charge in [0, 0.05) is 11.6 Å². The maximum Gasteiger partial charge on any atom is 0.272 e. The molecule has 2 N–H and O–H groups in total. The minimum absolute atomic E-state index is 0.00170. The van der Waals surface area contributed by atoms with Crippen molar-refractivity contribution in [2.75, 3.05) is 6.54 Å².